The van der Waals surface area contributed by atoms with Gasteiger partial charge in [0, 0.05) is 11.7 Å². The van der Waals surface area contributed by atoms with Crippen LogP contribution >= 0.6 is 15.9 Å². The Morgan fingerprint density at radius 1 is 1.09 bits per heavy atom. The van der Waals surface area contributed by atoms with Gasteiger partial charge in [-0.3, -0.25) is 14.4 Å². The Labute approximate surface area is 213 Å². The molecule has 0 bridgehead atoms. The fourth-order valence-corrected chi connectivity index (χ4v) is 3.57. The highest BCUT2D eigenvalue weighted by Gasteiger charge is 2.16. The Bertz CT molecular complexity index is 1080. The highest BCUT2D eigenvalue weighted by atomic mass is 79.9. The Kier molecular flexibility index (Phi) is 10.7. The van der Waals surface area contributed by atoms with Crippen molar-refractivity contribution in [1.29, 1.82) is 0 Å². The summed E-state index contributed by atoms with van der Waals surface area (Å²) in [5, 5.41) is 9.28. The second-order valence-corrected chi connectivity index (χ2v) is 8.70. The van der Waals surface area contributed by atoms with E-state index in [0.717, 1.165) is 16.8 Å². The molecule has 9 nitrogen and oxygen atoms in total. The maximum Gasteiger partial charge on any atom is 0.329 e. The van der Waals surface area contributed by atoms with Gasteiger partial charge in [0.2, 0.25) is 0 Å². The van der Waals surface area contributed by atoms with Crippen molar-refractivity contribution in [2.24, 2.45) is 5.10 Å². The zero-order valence-electron chi connectivity index (χ0n) is 20.5. The first kappa shape index (κ1) is 27.8. The van der Waals surface area contributed by atoms with Crippen molar-refractivity contribution >= 4 is 45.6 Å². The standard InChI is InChI=1S/C25H31BrN4O5/c1-6-17(5)28-24(32)25(33)30-27-13-18-11-19(26)23(20(12-18)34-7-2)35-14-21(31)29-22-15(3)9-8-10-16(22)4/h8-13,17H,6-7,14H2,1-5H3,(H,28,32)(H,29,31)(H,30,33)/b27-13-/t17-/m1/s1. The number of carbonyl (C=O) groups excluding carboxylic acids is 3. The summed E-state index contributed by atoms with van der Waals surface area (Å²) in [6, 6.07) is 9.01. The van der Waals surface area contributed by atoms with E-state index in [2.05, 4.69) is 37.1 Å². The first-order valence-corrected chi connectivity index (χ1v) is 12.0. The maximum absolute atomic E-state index is 12.5. The van der Waals surface area contributed by atoms with Crippen molar-refractivity contribution in [3.05, 3.63) is 51.5 Å². The van der Waals surface area contributed by atoms with E-state index in [1.807, 2.05) is 45.9 Å². The fourth-order valence-electron chi connectivity index (χ4n) is 3.00. The van der Waals surface area contributed by atoms with Gasteiger partial charge in [0.1, 0.15) is 0 Å². The summed E-state index contributed by atoms with van der Waals surface area (Å²) in [7, 11) is 0. The Balaban J connectivity index is 2.07. The highest BCUT2D eigenvalue weighted by molar-refractivity contribution is 9.10. The first-order valence-electron chi connectivity index (χ1n) is 11.2. The van der Waals surface area contributed by atoms with E-state index in [-0.39, 0.29) is 18.6 Å². The summed E-state index contributed by atoms with van der Waals surface area (Å²) in [5.74, 6) is -1.17. The van der Waals surface area contributed by atoms with Crippen LogP contribution in [0.5, 0.6) is 11.5 Å². The van der Waals surface area contributed by atoms with Crippen molar-refractivity contribution < 1.29 is 23.9 Å². The minimum atomic E-state index is -0.861. The van der Waals surface area contributed by atoms with Crippen LogP contribution in [0.4, 0.5) is 5.69 Å². The maximum atomic E-state index is 12.5. The monoisotopic (exact) mass is 546 g/mol. The second-order valence-electron chi connectivity index (χ2n) is 7.85. The predicted molar refractivity (Wildman–Crippen MR) is 139 cm³/mol. The molecule has 0 aliphatic rings. The second kappa shape index (κ2) is 13.5. The van der Waals surface area contributed by atoms with Gasteiger partial charge < -0.3 is 20.1 Å². The number of carbonyl (C=O) groups is 3. The fraction of sp³-hybridized carbons (Fsp3) is 0.360. The number of hydrogen-bond acceptors (Lipinski definition) is 6. The zero-order valence-corrected chi connectivity index (χ0v) is 22.1. The van der Waals surface area contributed by atoms with Gasteiger partial charge in [0.15, 0.2) is 18.1 Å². The molecule has 0 heterocycles. The molecule has 188 valence electrons. The molecule has 10 heteroatoms. The van der Waals surface area contributed by atoms with Crippen LogP contribution in [-0.2, 0) is 14.4 Å². The van der Waals surface area contributed by atoms with E-state index in [0.29, 0.717) is 34.6 Å². The van der Waals surface area contributed by atoms with E-state index in [1.54, 1.807) is 19.1 Å². The van der Waals surface area contributed by atoms with Gasteiger partial charge in [0.05, 0.1) is 17.3 Å². The first-order chi connectivity index (χ1) is 16.7. The molecule has 35 heavy (non-hydrogen) atoms. The molecule has 3 amide bonds. The van der Waals surface area contributed by atoms with E-state index in [1.165, 1.54) is 6.21 Å². The van der Waals surface area contributed by atoms with Crippen LogP contribution in [0.25, 0.3) is 0 Å². The van der Waals surface area contributed by atoms with Crippen molar-refractivity contribution in [2.45, 2.75) is 47.1 Å². The normalized spacial score (nSPS) is 11.6. The molecule has 0 radical (unpaired) electrons. The van der Waals surface area contributed by atoms with Gasteiger partial charge in [-0.2, -0.15) is 5.10 Å². The van der Waals surface area contributed by atoms with Crippen LogP contribution in [0.2, 0.25) is 0 Å². The van der Waals surface area contributed by atoms with Gasteiger partial charge in [-0.05, 0) is 78.9 Å². The number of benzene rings is 2. The number of ether oxygens (including phenoxy) is 2. The van der Waals surface area contributed by atoms with Crippen LogP contribution in [-0.4, -0.2) is 43.2 Å². The summed E-state index contributed by atoms with van der Waals surface area (Å²) in [6.07, 6.45) is 2.08. The number of hydrogen-bond donors (Lipinski definition) is 3. The molecule has 0 aliphatic heterocycles. The van der Waals surface area contributed by atoms with Crippen molar-refractivity contribution in [1.82, 2.24) is 10.7 Å². The molecular weight excluding hydrogens is 516 g/mol. The Morgan fingerprint density at radius 3 is 2.40 bits per heavy atom. The third-order valence-electron chi connectivity index (χ3n) is 5.00. The number of anilines is 1. The Morgan fingerprint density at radius 2 is 1.77 bits per heavy atom. The third kappa shape index (κ3) is 8.40. The van der Waals surface area contributed by atoms with Gasteiger partial charge in [0.25, 0.3) is 5.91 Å². The number of nitrogens with one attached hydrogen (secondary N) is 3. The summed E-state index contributed by atoms with van der Waals surface area (Å²) >= 11 is 3.44. The minimum absolute atomic E-state index is 0.114. The molecule has 0 saturated carbocycles. The van der Waals surface area contributed by atoms with Gasteiger partial charge in [-0.1, -0.05) is 25.1 Å². The lowest BCUT2D eigenvalue weighted by atomic mass is 10.1. The topological polar surface area (TPSA) is 118 Å². The average Bonchev–Trinajstić information content (AvgIpc) is 2.81. The molecule has 0 spiro atoms. The molecule has 0 aromatic heterocycles. The molecule has 2 aromatic rings. The third-order valence-corrected chi connectivity index (χ3v) is 5.59. The van der Waals surface area contributed by atoms with Crippen molar-refractivity contribution in [3.8, 4) is 11.5 Å². The SMILES string of the molecule is CCOc1cc(/C=N\NC(=O)C(=O)N[C@H](C)CC)cc(Br)c1OCC(=O)Nc1c(C)cccc1C. The lowest BCUT2D eigenvalue weighted by Gasteiger charge is -2.15. The number of rotatable bonds is 10. The molecular formula is C25H31BrN4O5. The van der Waals surface area contributed by atoms with Crippen LogP contribution in [0.3, 0.4) is 0 Å². The molecule has 2 rings (SSSR count). The number of halogens is 1. The lowest BCUT2D eigenvalue weighted by molar-refractivity contribution is -0.139. The van der Waals surface area contributed by atoms with Crippen molar-refractivity contribution in [2.75, 3.05) is 18.5 Å². The molecule has 3 N–H and O–H groups in total. The van der Waals surface area contributed by atoms with Crippen LogP contribution in [0.15, 0.2) is 39.9 Å². The van der Waals surface area contributed by atoms with Crippen LogP contribution in [0.1, 0.15) is 43.9 Å². The molecule has 0 fully saturated rings. The molecule has 0 aliphatic carbocycles. The van der Waals surface area contributed by atoms with Gasteiger partial charge >= 0.3 is 11.8 Å². The quantitative estimate of drug-likeness (QED) is 0.237. The van der Waals surface area contributed by atoms with Crippen LogP contribution < -0.4 is 25.5 Å². The van der Waals surface area contributed by atoms with E-state index < -0.39 is 11.8 Å². The Hall–Kier alpha value is -3.40. The summed E-state index contributed by atoms with van der Waals surface area (Å²) < 4.78 is 12.0. The summed E-state index contributed by atoms with van der Waals surface area (Å²) in [4.78, 5) is 36.2. The molecule has 2 aromatic carbocycles. The summed E-state index contributed by atoms with van der Waals surface area (Å²) in [6.45, 7) is 9.52. The number of para-hydroxylation sites is 1. The average molecular weight is 547 g/mol. The molecule has 0 saturated heterocycles. The number of aryl methyl sites for hydroxylation is 2. The van der Waals surface area contributed by atoms with E-state index in [9.17, 15) is 14.4 Å². The van der Waals surface area contributed by atoms with Crippen LogP contribution in [0, 0.1) is 13.8 Å². The van der Waals surface area contributed by atoms with Crippen molar-refractivity contribution in [3.63, 3.8) is 0 Å². The minimum Gasteiger partial charge on any atom is -0.490 e. The van der Waals surface area contributed by atoms with Gasteiger partial charge in [-0.15, -0.1) is 0 Å². The van der Waals surface area contributed by atoms with Gasteiger partial charge in [-0.25, -0.2) is 5.43 Å². The number of amides is 3. The predicted octanol–water partition coefficient (Wildman–Crippen LogP) is 3.85. The zero-order chi connectivity index (χ0) is 26.0. The number of hydrazone groups is 1. The lowest BCUT2D eigenvalue weighted by Crippen LogP contribution is -2.41. The smallest absolute Gasteiger partial charge is 0.329 e. The molecule has 0 unspecified atom stereocenters. The number of nitrogens with zero attached hydrogens (tertiary/aromatic N) is 1. The van der Waals surface area contributed by atoms with E-state index in [4.69, 9.17) is 9.47 Å². The largest absolute Gasteiger partial charge is 0.490 e. The summed E-state index contributed by atoms with van der Waals surface area (Å²) in [5.41, 5.74) is 5.46. The highest BCUT2D eigenvalue weighted by Crippen LogP contribution is 2.36. The van der Waals surface area contributed by atoms with E-state index >= 15 is 0 Å². The molecule has 1 atom stereocenters.